The highest BCUT2D eigenvalue weighted by atomic mass is 32.2. The summed E-state index contributed by atoms with van der Waals surface area (Å²) in [6.45, 7) is 3.57. The molecule has 1 saturated carbocycles. The maximum atomic E-state index is 12.2. The summed E-state index contributed by atoms with van der Waals surface area (Å²) in [5, 5.41) is 3.14. The number of esters is 1. The van der Waals surface area contributed by atoms with Crippen LogP contribution in [0.3, 0.4) is 0 Å². The van der Waals surface area contributed by atoms with Gasteiger partial charge in [-0.3, -0.25) is 9.69 Å². The molecule has 2 aliphatic rings. The van der Waals surface area contributed by atoms with Crippen molar-refractivity contribution in [3.63, 3.8) is 0 Å². The van der Waals surface area contributed by atoms with E-state index in [1.807, 2.05) is 6.92 Å². The second kappa shape index (κ2) is 6.62. The molecular weight excluding hydrogens is 292 g/mol. The third-order valence-electron chi connectivity index (χ3n) is 4.74. The van der Waals surface area contributed by atoms with Crippen LogP contribution in [0.5, 0.6) is 0 Å². The first-order valence-electron chi connectivity index (χ1n) is 7.73. The van der Waals surface area contributed by atoms with Crippen LogP contribution in [0.25, 0.3) is 0 Å². The van der Waals surface area contributed by atoms with Crippen LogP contribution in [0.2, 0.25) is 0 Å². The van der Waals surface area contributed by atoms with E-state index in [9.17, 15) is 13.2 Å². The summed E-state index contributed by atoms with van der Waals surface area (Å²) < 4.78 is 28.6. The molecule has 0 aromatic rings. The molecule has 1 aliphatic carbocycles. The SMILES string of the molecule is CCOC(=O)C1(NC)CCC(N2CCCS(=O)(=O)CC2)C1. The maximum absolute atomic E-state index is 12.2. The van der Waals surface area contributed by atoms with Gasteiger partial charge in [-0.05, 0) is 46.2 Å². The second-order valence-corrected chi connectivity index (χ2v) is 8.29. The summed E-state index contributed by atoms with van der Waals surface area (Å²) in [6, 6.07) is 0.259. The fourth-order valence-corrected chi connectivity index (χ4v) is 4.72. The number of sulfone groups is 1. The van der Waals surface area contributed by atoms with Gasteiger partial charge >= 0.3 is 5.97 Å². The zero-order chi connectivity index (χ0) is 15.5. The lowest BCUT2D eigenvalue weighted by Crippen LogP contribution is -2.50. The highest BCUT2D eigenvalue weighted by Gasteiger charge is 2.47. The van der Waals surface area contributed by atoms with Gasteiger partial charge in [-0.2, -0.15) is 0 Å². The van der Waals surface area contributed by atoms with Gasteiger partial charge in [0, 0.05) is 12.6 Å². The molecule has 0 radical (unpaired) electrons. The lowest BCUT2D eigenvalue weighted by molar-refractivity contribution is -0.151. The fourth-order valence-electron chi connectivity index (χ4n) is 3.44. The average Bonchev–Trinajstić information content (AvgIpc) is 2.80. The number of likely N-dealkylation sites (N-methyl/N-ethyl adjacent to an activating group) is 1. The van der Waals surface area contributed by atoms with Crippen LogP contribution < -0.4 is 5.32 Å². The largest absolute Gasteiger partial charge is 0.465 e. The topological polar surface area (TPSA) is 75.7 Å². The van der Waals surface area contributed by atoms with Crippen molar-refractivity contribution in [1.29, 1.82) is 0 Å². The zero-order valence-corrected chi connectivity index (χ0v) is 13.7. The minimum atomic E-state index is -2.89. The molecule has 0 aromatic heterocycles. The van der Waals surface area contributed by atoms with Crippen LogP contribution in [-0.4, -0.2) is 69.1 Å². The van der Waals surface area contributed by atoms with Gasteiger partial charge in [0.25, 0.3) is 0 Å². The zero-order valence-electron chi connectivity index (χ0n) is 12.9. The molecule has 0 spiro atoms. The third-order valence-corrected chi connectivity index (χ3v) is 6.45. The van der Waals surface area contributed by atoms with Gasteiger partial charge in [0.15, 0.2) is 9.84 Å². The molecular formula is C14H26N2O4S. The van der Waals surface area contributed by atoms with Crippen LogP contribution in [0.1, 0.15) is 32.6 Å². The predicted molar refractivity (Wildman–Crippen MR) is 80.9 cm³/mol. The van der Waals surface area contributed by atoms with Crippen molar-refractivity contribution >= 4 is 15.8 Å². The Morgan fingerprint density at radius 1 is 1.38 bits per heavy atom. The van der Waals surface area contributed by atoms with Crippen molar-refractivity contribution in [2.45, 2.75) is 44.2 Å². The van der Waals surface area contributed by atoms with Crippen LogP contribution in [0.15, 0.2) is 0 Å². The first kappa shape index (κ1) is 16.7. The fraction of sp³-hybridized carbons (Fsp3) is 0.929. The van der Waals surface area contributed by atoms with Crippen LogP contribution in [0.4, 0.5) is 0 Å². The van der Waals surface area contributed by atoms with E-state index in [2.05, 4.69) is 10.2 Å². The normalized spacial score (nSPS) is 33.5. The van der Waals surface area contributed by atoms with Gasteiger partial charge < -0.3 is 10.1 Å². The molecule has 2 rings (SSSR count). The quantitative estimate of drug-likeness (QED) is 0.745. The number of carbonyl (C=O) groups is 1. The van der Waals surface area contributed by atoms with Crippen molar-refractivity contribution in [3.8, 4) is 0 Å². The molecule has 2 unspecified atom stereocenters. The van der Waals surface area contributed by atoms with E-state index in [1.54, 1.807) is 7.05 Å². The summed E-state index contributed by atoms with van der Waals surface area (Å²) in [5.41, 5.74) is -0.605. The van der Waals surface area contributed by atoms with Crippen LogP contribution >= 0.6 is 0 Å². The molecule has 0 bridgehead atoms. The number of rotatable bonds is 4. The lowest BCUT2D eigenvalue weighted by Gasteiger charge is -2.30. The smallest absolute Gasteiger partial charge is 0.326 e. The van der Waals surface area contributed by atoms with Crippen molar-refractivity contribution in [3.05, 3.63) is 0 Å². The van der Waals surface area contributed by atoms with Gasteiger partial charge in [0.2, 0.25) is 0 Å². The molecule has 0 aromatic carbocycles. The first-order valence-corrected chi connectivity index (χ1v) is 9.55. The maximum Gasteiger partial charge on any atom is 0.326 e. The van der Waals surface area contributed by atoms with E-state index in [0.717, 1.165) is 19.4 Å². The number of ether oxygens (including phenoxy) is 1. The molecule has 21 heavy (non-hydrogen) atoms. The molecule has 6 nitrogen and oxygen atoms in total. The van der Waals surface area contributed by atoms with E-state index >= 15 is 0 Å². The third kappa shape index (κ3) is 3.76. The Hall–Kier alpha value is -0.660. The van der Waals surface area contributed by atoms with E-state index in [4.69, 9.17) is 4.74 Å². The van der Waals surface area contributed by atoms with E-state index in [0.29, 0.717) is 26.0 Å². The van der Waals surface area contributed by atoms with E-state index in [-0.39, 0.29) is 23.5 Å². The number of hydrogen-bond acceptors (Lipinski definition) is 6. The molecule has 1 N–H and O–H groups in total. The Labute approximate surface area is 127 Å². The van der Waals surface area contributed by atoms with E-state index in [1.165, 1.54) is 0 Å². The Morgan fingerprint density at radius 2 is 2.14 bits per heavy atom. The second-order valence-electron chi connectivity index (χ2n) is 5.99. The summed E-state index contributed by atoms with van der Waals surface area (Å²) in [6.07, 6.45) is 3.03. The molecule has 7 heteroatoms. The van der Waals surface area contributed by atoms with Gasteiger partial charge in [-0.25, -0.2) is 8.42 Å². The van der Waals surface area contributed by atoms with Crippen LogP contribution in [0, 0.1) is 0 Å². The summed E-state index contributed by atoms with van der Waals surface area (Å²) in [5.74, 6) is 0.332. The lowest BCUT2D eigenvalue weighted by atomic mass is 9.97. The molecule has 1 aliphatic heterocycles. The van der Waals surface area contributed by atoms with Gasteiger partial charge in [0.05, 0.1) is 18.1 Å². The molecule has 1 saturated heterocycles. The highest BCUT2D eigenvalue weighted by molar-refractivity contribution is 7.91. The molecule has 2 fully saturated rings. The molecule has 0 amide bonds. The number of nitrogens with zero attached hydrogens (tertiary/aromatic N) is 1. The van der Waals surface area contributed by atoms with Gasteiger partial charge in [0.1, 0.15) is 5.54 Å². The van der Waals surface area contributed by atoms with Crippen molar-refractivity contribution in [2.24, 2.45) is 0 Å². The van der Waals surface area contributed by atoms with Gasteiger partial charge in [-0.15, -0.1) is 0 Å². The van der Waals surface area contributed by atoms with E-state index < -0.39 is 15.4 Å². The summed E-state index contributed by atoms with van der Waals surface area (Å²) in [7, 11) is -1.09. The number of carbonyl (C=O) groups excluding carboxylic acids is 1. The first-order chi connectivity index (χ1) is 9.92. The number of nitrogens with one attached hydrogen (secondary N) is 1. The molecule has 122 valence electrons. The average molecular weight is 318 g/mol. The Morgan fingerprint density at radius 3 is 2.81 bits per heavy atom. The standard InChI is InChI=1S/C14H26N2O4S/c1-3-20-13(17)14(15-2)6-5-12(11-14)16-7-4-9-21(18,19)10-8-16/h12,15H,3-11H2,1-2H3. The monoisotopic (exact) mass is 318 g/mol. The Balaban J connectivity index is 2.02. The Bertz CT molecular complexity index is 479. The summed E-state index contributed by atoms with van der Waals surface area (Å²) in [4.78, 5) is 14.4. The predicted octanol–water partition coefficient (Wildman–Crippen LogP) is 0.181. The van der Waals surface area contributed by atoms with Crippen molar-refractivity contribution in [2.75, 3.05) is 38.2 Å². The highest BCUT2D eigenvalue weighted by Crippen LogP contribution is 2.34. The number of hydrogen-bond donors (Lipinski definition) is 1. The summed E-state index contributed by atoms with van der Waals surface area (Å²) >= 11 is 0. The van der Waals surface area contributed by atoms with Crippen molar-refractivity contribution in [1.82, 2.24) is 10.2 Å². The van der Waals surface area contributed by atoms with Crippen LogP contribution in [-0.2, 0) is 19.4 Å². The molecule has 1 heterocycles. The minimum absolute atomic E-state index is 0.183. The van der Waals surface area contributed by atoms with Gasteiger partial charge in [-0.1, -0.05) is 0 Å². The minimum Gasteiger partial charge on any atom is -0.465 e. The Kier molecular flexibility index (Phi) is 5.27. The van der Waals surface area contributed by atoms with Crippen molar-refractivity contribution < 1.29 is 17.9 Å². The molecule has 2 atom stereocenters.